The SMILES string of the molecule is NC(=O)C1CCCCN1C(=O)Cc1ccccc1C(=O)O. The molecule has 21 heavy (non-hydrogen) atoms. The highest BCUT2D eigenvalue weighted by atomic mass is 16.4. The average Bonchev–Trinajstić information content (AvgIpc) is 2.47. The minimum Gasteiger partial charge on any atom is -0.478 e. The Hall–Kier alpha value is -2.37. The van der Waals surface area contributed by atoms with Crippen molar-refractivity contribution in [1.29, 1.82) is 0 Å². The maximum Gasteiger partial charge on any atom is 0.335 e. The predicted molar refractivity (Wildman–Crippen MR) is 75.7 cm³/mol. The molecule has 1 aromatic rings. The van der Waals surface area contributed by atoms with Gasteiger partial charge in [-0.25, -0.2) is 4.79 Å². The molecule has 1 aliphatic heterocycles. The Labute approximate surface area is 122 Å². The van der Waals surface area contributed by atoms with Gasteiger partial charge in [0.05, 0.1) is 12.0 Å². The lowest BCUT2D eigenvalue weighted by Gasteiger charge is -2.33. The Morgan fingerprint density at radius 3 is 2.62 bits per heavy atom. The fourth-order valence-electron chi connectivity index (χ4n) is 2.67. The molecule has 0 radical (unpaired) electrons. The summed E-state index contributed by atoms with van der Waals surface area (Å²) < 4.78 is 0. The van der Waals surface area contributed by atoms with E-state index in [-0.39, 0.29) is 17.9 Å². The molecular formula is C15H18N2O4. The second-order valence-corrected chi connectivity index (χ2v) is 5.14. The third-order valence-electron chi connectivity index (χ3n) is 3.74. The van der Waals surface area contributed by atoms with Crippen molar-refractivity contribution < 1.29 is 19.5 Å². The first-order valence-corrected chi connectivity index (χ1v) is 6.90. The Bertz CT molecular complexity index is 571. The summed E-state index contributed by atoms with van der Waals surface area (Å²) in [5.41, 5.74) is 5.90. The number of aromatic carboxylic acids is 1. The molecule has 2 rings (SSSR count). The summed E-state index contributed by atoms with van der Waals surface area (Å²) in [5.74, 6) is -1.83. The molecule has 1 saturated heterocycles. The van der Waals surface area contributed by atoms with Gasteiger partial charge in [-0.1, -0.05) is 18.2 Å². The van der Waals surface area contributed by atoms with Crippen molar-refractivity contribution in [3.05, 3.63) is 35.4 Å². The van der Waals surface area contributed by atoms with Crippen LogP contribution in [-0.4, -0.2) is 40.4 Å². The van der Waals surface area contributed by atoms with Crippen LogP contribution >= 0.6 is 0 Å². The highest BCUT2D eigenvalue weighted by Crippen LogP contribution is 2.19. The number of hydrogen-bond donors (Lipinski definition) is 2. The third kappa shape index (κ3) is 3.39. The van der Waals surface area contributed by atoms with E-state index >= 15 is 0 Å². The summed E-state index contributed by atoms with van der Waals surface area (Å²) in [4.78, 5) is 36.4. The summed E-state index contributed by atoms with van der Waals surface area (Å²) in [7, 11) is 0. The van der Waals surface area contributed by atoms with E-state index in [1.165, 1.54) is 11.0 Å². The van der Waals surface area contributed by atoms with E-state index in [1.807, 2.05) is 0 Å². The number of hydrogen-bond acceptors (Lipinski definition) is 3. The molecule has 0 saturated carbocycles. The van der Waals surface area contributed by atoms with Crippen molar-refractivity contribution in [2.45, 2.75) is 31.7 Å². The van der Waals surface area contributed by atoms with Crippen molar-refractivity contribution in [2.75, 3.05) is 6.54 Å². The standard InChI is InChI=1S/C15H18N2O4/c16-14(19)12-7-3-4-8-17(12)13(18)9-10-5-1-2-6-11(10)15(20)21/h1-2,5-6,12H,3-4,7-9H2,(H2,16,19)(H,20,21). The maximum absolute atomic E-state index is 12.4. The highest BCUT2D eigenvalue weighted by Gasteiger charge is 2.30. The fraction of sp³-hybridized carbons (Fsp3) is 0.400. The highest BCUT2D eigenvalue weighted by molar-refractivity contribution is 5.93. The number of primary amides is 1. The number of carboxylic acid groups (broad SMARTS) is 1. The predicted octanol–water partition coefficient (Wildman–Crippen LogP) is 0.794. The quantitative estimate of drug-likeness (QED) is 0.856. The van der Waals surface area contributed by atoms with Crippen molar-refractivity contribution in [3.63, 3.8) is 0 Å². The van der Waals surface area contributed by atoms with E-state index in [2.05, 4.69) is 0 Å². The molecule has 2 amide bonds. The van der Waals surface area contributed by atoms with Gasteiger partial charge in [0.15, 0.2) is 0 Å². The number of carboxylic acids is 1. The topological polar surface area (TPSA) is 101 Å². The molecule has 1 fully saturated rings. The van der Waals surface area contributed by atoms with Gasteiger partial charge in [-0.05, 0) is 30.9 Å². The molecule has 112 valence electrons. The van der Waals surface area contributed by atoms with E-state index in [9.17, 15) is 14.4 Å². The van der Waals surface area contributed by atoms with Crippen molar-refractivity contribution >= 4 is 17.8 Å². The maximum atomic E-state index is 12.4. The van der Waals surface area contributed by atoms with Crippen LogP contribution in [0.4, 0.5) is 0 Å². The molecule has 3 N–H and O–H groups in total. The number of carbonyl (C=O) groups is 3. The summed E-state index contributed by atoms with van der Waals surface area (Å²) >= 11 is 0. The lowest BCUT2D eigenvalue weighted by molar-refractivity contribution is -0.140. The first-order chi connectivity index (χ1) is 10.0. The van der Waals surface area contributed by atoms with Gasteiger partial charge in [-0.15, -0.1) is 0 Å². The monoisotopic (exact) mass is 290 g/mol. The van der Waals surface area contributed by atoms with Crippen LogP contribution in [0, 0.1) is 0 Å². The second kappa shape index (κ2) is 6.39. The van der Waals surface area contributed by atoms with Gasteiger partial charge in [-0.3, -0.25) is 9.59 Å². The molecule has 1 atom stereocenters. The van der Waals surface area contributed by atoms with Gasteiger partial charge >= 0.3 is 5.97 Å². The number of nitrogens with two attached hydrogens (primary N) is 1. The van der Waals surface area contributed by atoms with Gasteiger partial charge in [-0.2, -0.15) is 0 Å². The van der Waals surface area contributed by atoms with Gasteiger partial charge < -0.3 is 15.7 Å². The smallest absolute Gasteiger partial charge is 0.335 e. The van der Waals surface area contributed by atoms with E-state index in [0.717, 1.165) is 12.8 Å². The average molecular weight is 290 g/mol. The molecule has 1 aromatic carbocycles. The van der Waals surface area contributed by atoms with Crippen molar-refractivity contribution in [2.24, 2.45) is 5.73 Å². The zero-order valence-electron chi connectivity index (χ0n) is 11.6. The zero-order valence-corrected chi connectivity index (χ0v) is 11.6. The Balaban J connectivity index is 2.17. The Morgan fingerprint density at radius 1 is 1.24 bits per heavy atom. The van der Waals surface area contributed by atoms with Crippen LogP contribution in [0.1, 0.15) is 35.2 Å². The number of likely N-dealkylation sites (tertiary alicyclic amines) is 1. The Kier molecular flexibility index (Phi) is 4.57. The number of rotatable bonds is 4. The number of benzene rings is 1. The van der Waals surface area contributed by atoms with Crippen molar-refractivity contribution in [1.82, 2.24) is 4.90 Å². The van der Waals surface area contributed by atoms with Gasteiger partial charge in [0, 0.05) is 6.54 Å². The minimum atomic E-state index is -1.07. The Morgan fingerprint density at radius 2 is 1.95 bits per heavy atom. The molecule has 1 unspecified atom stereocenters. The summed E-state index contributed by atoms with van der Waals surface area (Å²) in [6.45, 7) is 0.488. The lowest BCUT2D eigenvalue weighted by Crippen LogP contribution is -2.51. The largest absolute Gasteiger partial charge is 0.478 e. The molecule has 6 heteroatoms. The summed E-state index contributed by atoms with van der Waals surface area (Å²) in [6, 6.07) is 5.81. The van der Waals surface area contributed by atoms with Crippen LogP contribution in [0.3, 0.4) is 0 Å². The number of carbonyl (C=O) groups excluding carboxylic acids is 2. The lowest BCUT2D eigenvalue weighted by atomic mass is 9.99. The van der Waals surface area contributed by atoms with Crippen molar-refractivity contribution in [3.8, 4) is 0 Å². The third-order valence-corrected chi connectivity index (χ3v) is 3.74. The van der Waals surface area contributed by atoms with Crippen LogP contribution < -0.4 is 5.73 Å². The van der Waals surface area contributed by atoms with E-state index in [0.29, 0.717) is 18.5 Å². The van der Waals surface area contributed by atoms with E-state index in [4.69, 9.17) is 10.8 Å². The molecule has 0 aromatic heterocycles. The van der Waals surface area contributed by atoms with Crippen LogP contribution in [0.15, 0.2) is 24.3 Å². The molecule has 1 aliphatic rings. The molecule has 6 nitrogen and oxygen atoms in total. The molecule has 0 bridgehead atoms. The second-order valence-electron chi connectivity index (χ2n) is 5.14. The van der Waals surface area contributed by atoms with E-state index in [1.54, 1.807) is 18.2 Å². The molecule has 0 spiro atoms. The zero-order chi connectivity index (χ0) is 15.4. The summed E-state index contributed by atoms with van der Waals surface area (Å²) in [6.07, 6.45) is 2.23. The minimum absolute atomic E-state index is 0.0355. The number of amides is 2. The number of nitrogens with zero attached hydrogens (tertiary/aromatic N) is 1. The van der Waals surface area contributed by atoms with Gasteiger partial charge in [0.1, 0.15) is 6.04 Å². The van der Waals surface area contributed by atoms with Gasteiger partial charge in [0.25, 0.3) is 0 Å². The fourth-order valence-corrected chi connectivity index (χ4v) is 2.67. The number of piperidine rings is 1. The molecule has 0 aliphatic carbocycles. The van der Waals surface area contributed by atoms with Gasteiger partial charge in [0.2, 0.25) is 11.8 Å². The molecule has 1 heterocycles. The first kappa shape index (κ1) is 15.0. The molecular weight excluding hydrogens is 272 g/mol. The first-order valence-electron chi connectivity index (χ1n) is 6.90. The van der Waals surface area contributed by atoms with E-state index < -0.39 is 17.9 Å². The van der Waals surface area contributed by atoms with Crippen LogP contribution in [0.2, 0.25) is 0 Å². The normalized spacial score (nSPS) is 18.3. The van der Waals surface area contributed by atoms with Crippen LogP contribution in [0.5, 0.6) is 0 Å². The van der Waals surface area contributed by atoms with Crippen LogP contribution in [0.25, 0.3) is 0 Å². The van der Waals surface area contributed by atoms with Crippen LogP contribution in [-0.2, 0) is 16.0 Å². The summed E-state index contributed by atoms with van der Waals surface area (Å²) in [5, 5.41) is 9.13.